The Labute approximate surface area is 172 Å². The lowest BCUT2D eigenvalue weighted by atomic mass is 10.0. The number of rotatable bonds is 5. The number of aromatic amines is 1. The van der Waals surface area contributed by atoms with E-state index in [9.17, 15) is 9.42 Å². The van der Waals surface area contributed by atoms with Crippen LogP contribution >= 0.6 is 0 Å². The Morgan fingerprint density at radius 3 is 2.72 bits per heavy atom. The molecule has 0 radical (unpaired) electrons. The maximum absolute atomic E-state index is 12.9. The zero-order chi connectivity index (χ0) is 20.4. The van der Waals surface area contributed by atoms with Crippen molar-refractivity contribution in [3.8, 4) is 11.5 Å². The van der Waals surface area contributed by atoms with Crippen LogP contribution in [0, 0.1) is 13.8 Å². The van der Waals surface area contributed by atoms with Crippen LogP contribution in [0.15, 0.2) is 54.7 Å². The molecular weight excluding hydrogens is 386 g/mol. The molecule has 150 valence electrons. The molecule has 8 heteroatoms. The maximum Gasteiger partial charge on any atom is 0.223 e. The highest BCUT2D eigenvalue weighted by molar-refractivity contribution is 7.83. The Bertz CT molecular complexity index is 1040. The second-order valence-corrected chi connectivity index (χ2v) is 8.27. The first-order valence-corrected chi connectivity index (χ1v) is 10.5. The molecular formula is C21H23N5O2S. The number of imidazole rings is 1. The number of H-pyrrole nitrogens is 1. The third-order valence-corrected chi connectivity index (χ3v) is 6.22. The second kappa shape index (κ2) is 8.28. The third-order valence-electron chi connectivity index (χ3n) is 4.96. The van der Waals surface area contributed by atoms with E-state index in [4.69, 9.17) is 0 Å². The molecule has 7 nitrogen and oxygen atoms in total. The molecule has 0 fully saturated rings. The van der Waals surface area contributed by atoms with Crippen LogP contribution in [0.3, 0.4) is 0 Å². The predicted octanol–water partition coefficient (Wildman–Crippen LogP) is 3.65. The number of aromatic nitrogens is 3. The fourth-order valence-corrected chi connectivity index (χ4v) is 4.27. The number of benzene rings is 1. The van der Waals surface area contributed by atoms with Gasteiger partial charge in [-0.1, -0.05) is 24.3 Å². The van der Waals surface area contributed by atoms with Crippen molar-refractivity contribution >= 4 is 22.4 Å². The first kappa shape index (κ1) is 19.5. The molecule has 1 unspecified atom stereocenters. The van der Waals surface area contributed by atoms with E-state index >= 15 is 0 Å². The molecule has 0 saturated carbocycles. The van der Waals surface area contributed by atoms with E-state index in [1.54, 1.807) is 34.8 Å². The zero-order valence-electron chi connectivity index (χ0n) is 16.4. The van der Waals surface area contributed by atoms with Gasteiger partial charge in [0.15, 0.2) is 5.82 Å². The molecule has 3 heterocycles. The molecule has 2 N–H and O–H groups in total. The lowest BCUT2D eigenvalue weighted by Crippen LogP contribution is -2.39. The number of anilines is 1. The molecule has 0 amide bonds. The summed E-state index contributed by atoms with van der Waals surface area (Å²) < 4.78 is 15.4. The summed E-state index contributed by atoms with van der Waals surface area (Å²) in [6, 6.07) is 12.8. The molecule has 0 saturated heterocycles. The van der Waals surface area contributed by atoms with Gasteiger partial charge in [-0.25, -0.2) is 13.5 Å². The second-order valence-electron chi connectivity index (χ2n) is 6.95. The van der Waals surface area contributed by atoms with Crippen LogP contribution in [-0.2, 0) is 11.2 Å². The number of hydrogen-bond acceptors (Lipinski definition) is 4. The van der Waals surface area contributed by atoms with E-state index in [1.165, 1.54) is 0 Å². The standard InChI is InChI=1S/C21H23N5O2S/c1-15-16(2)24-21(23-15)20-13-17(10-11-22-20)18-7-6-12-25(14-18)29(28)26(27)19-8-4-3-5-9-19/h3-5,7-11,13,27H,6,12,14H2,1-2H3,(H,23,24). The first-order chi connectivity index (χ1) is 14.0. The van der Waals surface area contributed by atoms with Gasteiger partial charge in [0.05, 0.1) is 11.4 Å². The Hall–Kier alpha value is -2.81. The molecule has 2 aromatic heterocycles. The lowest BCUT2D eigenvalue weighted by molar-refractivity contribution is 0.312. The van der Waals surface area contributed by atoms with Gasteiger partial charge in [-0.05, 0) is 55.7 Å². The molecule has 29 heavy (non-hydrogen) atoms. The largest absolute Gasteiger partial charge is 0.341 e. The molecule has 1 atom stereocenters. The highest BCUT2D eigenvalue weighted by Crippen LogP contribution is 2.26. The SMILES string of the molecule is Cc1nc(-c2cc(C3=CCCN(S(=O)N(O)c4ccccc4)C3)ccn2)[nH]c1C. The summed E-state index contributed by atoms with van der Waals surface area (Å²) in [6.45, 7) is 5.02. The molecule has 0 bridgehead atoms. The number of nitrogens with one attached hydrogen (secondary N) is 1. The maximum atomic E-state index is 12.9. The van der Waals surface area contributed by atoms with Crippen molar-refractivity contribution in [2.24, 2.45) is 0 Å². The molecule has 1 aromatic carbocycles. The minimum Gasteiger partial charge on any atom is -0.341 e. The normalized spacial score (nSPS) is 15.8. The topological polar surface area (TPSA) is 85.3 Å². The van der Waals surface area contributed by atoms with Crippen molar-refractivity contribution in [1.82, 2.24) is 19.3 Å². The van der Waals surface area contributed by atoms with Crippen LogP contribution in [-0.4, -0.2) is 41.8 Å². The van der Waals surface area contributed by atoms with Gasteiger partial charge in [0, 0.05) is 25.0 Å². The Morgan fingerprint density at radius 1 is 1.21 bits per heavy atom. The van der Waals surface area contributed by atoms with Gasteiger partial charge in [-0.2, -0.15) is 4.47 Å². The van der Waals surface area contributed by atoms with Crippen LogP contribution in [0.1, 0.15) is 23.4 Å². The fourth-order valence-electron chi connectivity index (χ4n) is 3.24. The lowest BCUT2D eigenvalue weighted by Gasteiger charge is -2.29. The summed E-state index contributed by atoms with van der Waals surface area (Å²) in [6.07, 6.45) is 4.66. The summed E-state index contributed by atoms with van der Waals surface area (Å²) in [5, 5.41) is 10.4. The van der Waals surface area contributed by atoms with Crippen molar-refractivity contribution in [3.05, 3.63) is 71.7 Å². The van der Waals surface area contributed by atoms with Gasteiger partial charge < -0.3 is 4.98 Å². The van der Waals surface area contributed by atoms with Crippen molar-refractivity contribution < 1.29 is 9.42 Å². The van der Waals surface area contributed by atoms with Crippen LogP contribution in [0.2, 0.25) is 0 Å². The van der Waals surface area contributed by atoms with E-state index in [0.29, 0.717) is 18.8 Å². The van der Waals surface area contributed by atoms with Gasteiger partial charge >= 0.3 is 0 Å². The van der Waals surface area contributed by atoms with Gasteiger partial charge in [0.25, 0.3) is 0 Å². The van der Waals surface area contributed by atoms with E-state index in [0.717, 1.165) is 44.9 Å². The summed E-state index contributed by atoms with van der Waals surface area (Å²) in [5.74, 6) is 0.740. The van der Waals surface area contributed by atoms with Crippen molar-refractivity contribution in [3.63, 3.8) is 0 Å². The number of para-hydroxylation sites is 1. The van der Waals surface area contributed by atoms with Crippen LogP contribution in [0.25, 0.3) is 17.1 Å². The van der Waals surface area contributed by atoms with Crippen LogP contribution < -0.4 is 4.47 Å². The zero-order valence-corrected chi connectivity index (χ0v) is 17.2. The summed E-state index contributed by atoms with van der Waals surface area (Å²) in [5.41, 5.74) is 5.30. The molecule has 3 aromatic rings. The molecule has 4 rings (SSSR count). The Morgan fingerprint density at radius 2 is 2.00 bits per heavy atom. The highest BCUT2D eigenvalue weighted by Gasteiger charge is 2.24. The molecule has 0 aliphatic carbocycles. The summed E-state index contributed by atoms with van der Waals surface area (Å²) >= 11 is -1.69. The minimum atomic E-state index is -1.69. The summed E-state index contributed by atoms with van der Waals surface area (Å²) in [7, 11) is 0. The number of hydrogen-bond donors (Lipinski definition) is 2. The minimum absolute atomic E-state index is 0.468. The number of pyridine rings is 1. The predicted molar refractivity (Wildman–Crippen MR) is 114 cm³/mol. The Kier molecular flexibility index (Phi) is 5.57. The van der Waals surface area contributed by atoms with Crippen LogP contribution in [0.5, 0.6) is 0 Å². The summed E-state index contributed by atoms with van der Waals surface area (Å²) in [4.78, 5) is 12.2. The van der Waals surface area contributed by atoms with Crippen molar-refractivity contribution in [2.75, 3.05) is 17.6 Å². The van der Waals surface area contributed by atoms with Crippen molar-refractivity contribution in [1.29, 1.82) is 0 Å². The fraction of sp³-hybridized carbons (Fsp3) is 0.238. The first-order valence-electron chi connectivity index (χ1n) is 9.43. The van der Waals surface area contributed by atoms with E-state index in [1.807, 2.05) is 32.0 Å². The highest BCUT2D eigenvalue weighted by atomic mass is 32.2. The number of aryl methyl sites for hydroxylation is 2. The van der Waals surface area contributed by atoms with Gasteiger partial charge in [0.1, 0.15) is 5.69 Å². The van der Waals surface area contributed by atoms with E-state index in [2.05, 4.69) is 21.0 Å². The molecule has 0 spiro atoms. The van der Waals surface area contributed by atoms with Gasteiger partial charge in [-0.15, -0.1) is 0 Å². The van der Waals surface area contributed by atoms with E-state index < -0.39 is 11.2 Å². The molecule has 1 aliphatic heterocycles. The number of nitrogens with zero attached hydrogens (tertiary/aromatic N) is 4. The van der Waals surface area contributed by atoms with Gasteiger partial charge in [0.2, 0.25) is 11.2 Å². The smallest absolute Gasteiger partial charge is 0.223 e. The van der Waals surface area contributed by atoms with Gasteiger partial charge in [-0.3, -0.25) is 10.2 Å². The van der Waals surface area contributed by atoms with Crippen molar-refractivity contribution in [2.45, 2.75) is 20.3 Å². The monoisotopic (exact) mass is 409 g/mol. The average Bonchev–Trinajstić information content (AvgIpc) is 3.12. The Balaban J connectivity index is 1.53. The van der Waals surface area contributed by atoms with E-state index in [-0.39, 0.29) is 0 Å². The average molecular weight is 410 g/mol. The van der Waals surface area contributed by atoms with Crippen LogP contribution in [0.4, 0.5) is 5.69 Å². The quantitative estimate of drug-likeness (QED) is 0.630. The third kappa shape index (κ3) is 4.14. The molecule has 1 aliphatic rings.